The van der Waals surface area contributed by atoms with Crippen LogP contribution in [0.15, 0.2) is 24.3 Å². The van der Waals surface area contributed by atoms with Gasteiger partial charge in [-0.2, -0.15) is 0 Å². The van der Waals surface area contributed by atoms with Gasteiger partial charge in [-0.05, 0) is 37.8 Å². The second-order valence-electron chi connectivity index (χ2n) is 5.52. The van der Waals surface area contributed by atoms with Gasteiger partial charge in [0.15, 0.2) is 0 Å². The van der Waals surface area contributed by atoms with Gasteiger partial charge in [0, 0.05) is 19.2 Å². The monoisotopic (exact) mass is 277 g/mol. The first-order chi connectivity index (χ1) is 9.58. The Hall–Kier alpha value is -1.39. The summed E-state index contributed by atoms with van der Waals surface area (Å²) in [6.07, 6.45) is 2.60. The van der Waals surface area contributed by atoms with Gasteiger partial charge < -0.3 is 15.2 Å². The van der Waals surface area contributed by atoms with Crippen molar-refractivity contribution in [3.8, 4) is 0 Å². The van der Waals surface area contributed by atoms with E-state index >= 15 is 0 Å². The van der Waals surface area contributed by atoms with E-state index in [0.29, 0.717) is 12.1 Å². The SMILES string of the molecule is CC(C(=O)O)c1ccc(CNC(C)C2CCCO2)cc1. The maximum absolute atomic E-state index is 10.9. The number of carboxylic acids is 1. The summed E-state index contributed by atoms with van der Waals surface area (Å²) >= 11 is 0. The van der Waals surface area contributed by atoms with Crippen LogP contribution in [0.3, 0.4) is 0 Å². The van der Waals surface area contributed by atoms with Gasteiger partial charge in [-0.3, -0.25) is 4.79 Å². The standard InChI is InChI=1S/C16H23NO3/c1-11(16(18)19)14-7-5-13(6-8-14)10-17-12(2)15-4-3-9-20-15/h5-8,11-12,15,17H,3-4,9-10H2,1-2H3,(H,18,19). The van der Waals surface area contributed by atoms with Crippen LogP contribution in [-0.2, 0) is 16.1 Å². The summed E-state index contributed by atoms with van der Waals surface area (Å²) < 4.78 is 5.65. The van der Waals surface area contributed by atoms with E-state index in [2.05, 4.69) is 12.2 Å². The molecule has 1 aliphatic rings. The van der Waals surface area contributed by atoms with E-state index in [1.807, 2.05) is 24.3 Å². The molecule has 110 valence electrons. The molecule has 1 fully saturated rings. The molecule has 1 aromatic carbocycles. The lowest BCUT2D eigenvalue weighted by Crippen LogP contribution is -2.36. The minimum atomic E-state index is -0.789. The molecule has 0 spiro atoms. The van der Waals surface area contributed by atoms with Crippen LogP contribution in [0, 0.1) is 0 Å². The van der Waals surface area contributed by atoms with Gasteiger partial charge in [-0.25, -0.2) is 0 Å². The van der Waals surface area contributed by atoms with Crippen LogP contribution in [0.1, 0.15) is 43.7 Å². The molecule has 1 aromatic rings. The fourth-order valence-electron chi connectivity index (χ4n) is 2.47. The Morgan fingerprint density at radius 1 is 1.40 bits per heavy atom. The molecule has 4 nitrogen and oxygen atoms in total. The first kappa shape index (κ1) is 15.0. The highest BCUT2D eigenvalue weighted by Crippen LogP contribution is 2.17. The van der Waals surface area contributed by atoms with Gasteiger partial charge in [0.2, 0.25) is 0 Å². The Kier molecular flexibility index (Phi) is 5.15. The van der Waals surface area contributed by atoms with Crippen LogP contribution in [0.4, 0.5) is 0 Å². The number of nitrogens with one attached hydrogen (secondary N) is 1. The van der Waals surface area contributed by atoms with E-state index in [9.17, 15) is 4.79 Å². The quantitative estimate of drug-likeness (QED) is 0.839. The third kappa shape index (κ3) is 3.81. The van der Waals surface area contributed by atoms with E-state index in [-0.39, 0.29) is 0 Å². The number of aliphatic carboxylic acids is 1. The van der Waals surface area contributed by atoms with Gasteiger partial charge in [0.25, 0.3) is 0 Å². The van der Waals surface area contributed by atoms with Crippen molar-refractivity contribution < 1.29 is 14.6 Å². The molecular weight excluding hydrogens is 254 g/mol. The second-order valence-corrected chi connectivity index (χ2v) is 5.52. The number of carbonyl (C=O) groups is 1. The van der Waals surface area contributed by atoms with Crippen molar-refractivity contribution in [3.63, 3.8) is 0 Å². The van der Waals surface area contributed by atoms with Gasteiger partial charge >= 0.3 is 5.97 Å². The highest BCUT2D eigenvalue weighted by Gasteiger charge is 2.21. The largest absolute Gasteiger partial charge is 0.481 e. The maximum Gasteiger partial charge on any atom is 0.310 e. The molecule has 3 atom stereocenters. The van der Waals surface area contributed by atoms with Crippen molar-refractivity contribution in [2.45, 2.75) is 51.3 Å². The molecule has 1 aliphatic heterocycles. The molecule has 0 saturated carbocycles. The Balaban J connectivity index is 1.85. The summed E-state index contributed by atoms with van der Waals surface area (Å²) in [5.74, 6) is -1.24. The predicted octanol–water partition coefficient (Wildman–Crippen LogP) is 2.53. The van der Waals surface area contributed by atoms with Crippen LogP contribution in [0.2, 0.25) is 0 Å². The van der Waals surface area contributed by atoms with E-state index in [1.165, 1.54) is 0 Å². The second kappa shape index (κ2) is 6.86. The third-order valence-corrected chi connectivity index (χ3v) is 4.00. The van der Waals surface area contributed by atoms with Crippen molar-refractivity contribution in [1.82, 2.24) is 5.32 Å². The summed E-state index contributed by atoms with van der Waals surface area (Å²) in [6.45, 7) is 5.51. The van der Waals surface area contributed by atoms with Gasteiger partial charge in [-0.1, -0.05) is 24.3 Å². The number of benzene rings is 1. The molecular formula is C16H23NO3. The van der Waals surface area contributed by atoms with E-state index < -0.39 is 11.9 Å². The molecule has 20 heavy (non-hydrogen) atoms. The average Bonchev–Trinajstić information content (AvgIpc) is 2.98. The van der Waals surface area contributed by atoms with Crippen LogP contribution in [0.25, 0.3) is 0 Å². The zero-order chi connectivity index (χ0) is 14.5. The molecule has 1 saturated heterocycles. The lowest BCUT2D eigenvalue weighted by atomic mass is 10.00. The van der Waals surface area contributed by atoms with Crippen LogP contribution in [0.5, 0.6) is 0 Å². The Morgan fingerprint density at radius 2 is 2.10 bits per heavy atom. The maximum atomic E-state index is 10.9. The molecule has 2 rings (SSSR count). The van der Waals surface area contributed by atoms with Crippen LogP contribution < -0.4 is 5.32 Å². The zero-order valence-corrected chi connectivity index (χ0v) is 12.1. The molecule has 3 unspecified atom stereocenters. The summed E-state index contributed by atoms with van der Waals surface area (Å²) in [6, 6.07) is 8.11. The first-order valence-corrected chi connectivity index (χ1v) is 7.24. The molecule has 1 heterocycles. The molecule has 0 aromatic heterocycles. The molecule has 0 bridgehead atoms. The fourth-order valence-corrected chi connectivity index (χ4v) is 2.47. The normalized spacial score (nSPS) is 21.6. The Morgan fingerprint density at radius 3 is 2.65 bits per heavy atom. The Labute approximate surface area is 120 Å². The van der Waals surface area contributed by atoms with E-state index in [0.717, 1.165) is 37.1 Å². The Bertz CT molecular complexity index is 438. The van der Waals surface area contributed by atoms with Crippen molar-refractivity contribution >= 4 is 5.97 Å². The molecule has 0 aliphatic carbocycles. The number of carboxylic acid groups (broad SMARTS) is 1. The third-order valence-electron chi connectivity index (χ3n) is 4.00. The summed E-state index contributed by atoms with van der Waals surface area (Å²) in [4.78, 5) is 10.9. The fraction of sp³-hybridized carbons (Fsp3) is 0.562. The summed E-state index contributed by atoms with van der Waals surface area (Å²) in [5, 5.41) is 12.4. The van der Waals surface area contributed by atoms with Crippen molar-refractivity contribution in [2.24, 2.45) is 0 Å². The van der Waals surface area contributed by atoms with Gasteiger partial charge in [0.05, 0.1) is 12.0 Å². The first-order valence-electron chi connectivity index (χ1n) is 7.24. The highest BCUT2D eigenvalue weighted by molar-refractivity contribution is 5.75. The summed E-state index contributed by atoms with van der Waals surface area (Å²) in [7, 11) is 0. The van der Waals surface area contributed by atoms with Crippen LogP contribution in [-0.4, -0.2) is 29.8 Å². The van der Waals surface area contributed by atoms with Crippen molar-refractivity contribution in [3.05, 3.63) is 35.4 Å². The van der Waals surface area contributed by atoms with Crippen molar-refractivity contribution in [2.75, 3.05) is 6.61 Å². The number of hydrogen-bond acceptors (Lipinski definition) is 3. The zero-order valence-electron chi connectivity index (χ0n) is 12.1. The average molecular weight is 277 g/mol. The highest BCUT2D eigenvalue weighted by atomic mass is 16.5. The lowest BCUT2D eigenvalue weighted by Gasteiger charge is -2.20. The number of rotatable bonds is 6. The summed E-state index contributed by atoms with van der Waals surface area (Å²) in [5.41, 5.74) is 2.00. The van der Waals surface area contributed by atoms with Gasteiger partial charge in [0.1, 0.15) is 0 Å². The van der Waals surface area contributed by atoms with Crippen LogP contribution >= 0.6 is 0 Å². The van der Waals surface area contributed by atoms with Crippen molar-refractivity contribution in [1.29, 1.82) is 0 Å². The van der Waals surface area contributed by atoms with E-state index in [4.69, 9.17) is 9.84 Å². The predicted molar refractivity (Wildman–Crippen MR) is 77.8 cm³/mol. The molecule has 2 N–H and O–H groups in total. The topological polar surface area (TPSA) is 58.6 Å². The molecule has 0 radical (unpaired) electrons. The smallest absolute Gasteiger partial charge is 0.310 e. The number of ether oxygens (including phenoxy) is 1. The van der Waals surface area contributed by atoms with E-state index in [1.54, 1.807) is 6.92 Å². The minimum Gasteiger partial charge on any atom is -0.481 e. The minimum absolute atomic E-state index is 0.321. The number of hydrogen-bond donors (Lipinski definition) is 2. The molecule has 0 amide bonds. The lowest BCUT2D eigenvalue weighted by molar-refractivity contribution is -0.138. The van der Waals surface area contributed by atoms with Gasteiger partial charge in [-0.15, -0.1) is 0 Å². The molecule has 4 heteroatoms.